The average molecular weight is 277 g/mol. The number of amides is 1. The van der Waals surface area contributed by atoms with E-state index in [1.807, 2.05) is 6.07 Å². The number of nitrogens with one attached hydrogen (secondary N) is 2. The zero-order chi connectivity index (χ0) is 14.5. The molecule has 5 nitrogen and oxygen atoms in total. The standard InChI is InChI=1S/C15H23N3O2/c1-10(11-5-7-20-8-6-11)18-14-9-12(16)3-4-13(14)15(19)17-2/h3-4,9-11,18H,5-8,16H2,1-2H3,(H,17,19). The highest BCUT2D eigenvalue weighted by molar-refractivity contribution is 6.00. The van der Waals surface area contributed by atoms with Gasteiger partial charge in [0.1, 0.15) is 0 Å². The second-order valence-corrected chi connectivity index (χ2v) is 5.27. The molecule has 0 aromatic heterocycles. The van der Waals surface area contributed by atoms with Crippen LogP contribution in [0.1, 0.15) is 30.1 Å². The molecule has 5 heteroatoms. The van der Waals surface area contributed by atoms with Crippen LogP contribution in [-0.2, 0) is 4.74 Å². The lowest BCUT2D eigenvalue weighted by Gasteiger charge is -2.29. The summed E-state index contributed by atoms with van der Waals surface area (Å²) in [5.41, 5.74) is 7.90. The van der Waals surface area contributed by atoms with E-state index in [9.17, 15) is 4.79 Å². The Morgan fingerprint density at radius 2 is 2.10 bits per heavy atom. The first kappa shape index (κ1) is 14.7. The van der Waals surface area contributed by atoms with Gasteiger partial charge in [-0.15, -0.1) is 0 Å². The molecule has 1 aromatic carbocycles. The van der Waals surface area contributed by atoms with Crippen molar-refractivity contribution in [3.63, 3.8) is 0 Å². The van der Waals surface area contributed by atoms with Gasteiger partial charge in [0, 0.05) is 37.7 Å². The molecule has 4 N–H and O–H groups in total. The van der Waals surface area contributed by atoms with Crippen LogP contribution in [0.2, 0.25) is 0 Å². The number of nitrogens with two attached hydrogens (primary N) is 1. The molecule has 2 rings (SSSR count). The quantitative estimate of drug-likeness (QED) is 0.734. The number of anilines is 2. The van der Waals surface area contributed by atoms with Gasteiger partial charge in [-0.25, -0.2) is 0 Å². The minimum atomic E-state index is -0.105. The van der Waals surface area contributed by atoms with E-state index in [0.717, 1.165) is 31.7 Å². The molecular weight excluding hydrogens is 254 g/mol. The summed E-state index contributed by atoms with van der Waals surface area (Å²) < 4.78 is 5.39. The first-order valence-electron chi connectivity index (χ1n) is 7.07. The highest BCUT2D eigenvalue weighted by Gasteiger charge is 2.21. The molecule has 20 heavy (non-hydrogen) atoms. The van der Waals surface area contributed by atoms with E-state index in [1.54, 1.807) is 19.2 Å². The molecule has 1 unspecified atom stereocenters. The lowest BCUT2D eigenvalue weighted by Crippen LogP contribution is -2.32. The number of hydrogen-bond acceptors (Lipinski definition) is 4. The Hall–Kier alpha value is -1.75. The van der Waals surface area contributed by atoms with Crippen molar-refractivity contribution in [2.75, 3.05) is 31.3 Å². The monoisotopic (exact) mass is 277 g/mol. The van der Waals surface area contributed by atoms with Crippen molar-refractivity contribution < 1.29 is 9.53 Å². The zero-order valence-electron chi connectivity index (χ0n) is 12.1. The summed E-state index contributed by atoms with van der Waals surface area (Å²) >= 11 is 0. The molecule has 1 aromatic rings. The largest absolute Gasteiger partial charge is 0.399 e. The maximum Gasteiger partial charge on any atom is 0.253 e. The second kappa shape index (κ2) is 6.61. The van der Waals surface area contributed by atoms with Gasteiger partial charge in [-0.3, -0.25) is 4.79 Å². The first-order chi connectivity index (χ1) is 9.61. The summed E-state index contributed by atoms with van der Waals surface area (Å²) in [5, 5.41) is 6.09. The molecule has 1 atom stereocenters. The molecule has 0 saturated carbocycles. The van der Waals surface area contributed by atoms with Crippen LogP contribution in [0.5, 0.6) is 0 Å². The normalized spacial score (nSPS) is 17.5. The molecule has 1 amide bonds. The van der Waals surface area contributed by atoms with E-state index in [1.165, 1.54) is 0 Å². The third kappa shape index (κ3) is 3.42. The minimum Gasteiger partial charge on any atom is -0.399 e. The van der Waals surface area contributed by atoms with Crippen LogP contribution in [-0.4, -0.2) is 32.2 Å². The Morgan fingerprint density at radius 3 is 2.75 bits per heavy atom. The fourth-order valence-electron chi connectivity index (χ4n) is 2.59. The summed E-state index contributed by atoms with van der Waals surface area (Å²) in [4.78, 5) is 11.9. The van der Waals surface area contributed by atoms with Crippen molar-refractivity contribution >= 4 is 17.3 Å². The lowest BCUT2D eigenvalue weighted by atomic mass is 9.92. The first-order valence-corrected chi connectivity index (χ1v) is 7.07. The maximum absolute atomic E-state index is 11.9. The Morgan fingerprint density at radius 1 is 1.40 bits per heavy atom. The second-order valence-electron chi connectivity index (χ2n) is 5.27. The van der Waals surface area contributed by atoms with Crippen LogP contribution in [0.4, 0.5) is 11.4 Å². The van der Waals surface area contributed by atoms with Gasteiger partial charge in [0.15, 0.2) is 0 Å². The van der Waals surface area contributed by atoms with Crippen molar-refractivity contribution in [3.05, 3.63) is 23.8 Å². The molecule has 0 spiro atoms. The summed E-state index contributed by atoms with van der Waals surface area (Å²) in [6.07, 6.45) is 2.09. The maximum atomic E-state index is 11.9. The molecule has 1 aliphatic rings. The Labute approximate surface area is 119 Å². The van der Waals surface area contributed by atoms with Gasteiger partial charge in [-0.2, -0.15) is 0 Å². The summed E-state index contributed by atoms with van der Waals surface area (Å²) in [7, 11) is 1.63. The number of hydrogen-bond donors (Lipinski definition) is 3. The van der Waals surface area contributed by atoms with Gasteiger partial charge in [0.05, 0.1) is 5.56 Å². The van der Waals surface area contributed by atoms with Crippen molar-refractivity contribution in [3.8, 4) is 0 Å². The molecule has 0 radical (unpaired) electrons. The SMILES string of the molecule is CNC(=O)c1ccc(N)cc1NC(C)C1CCOCC1. The van der Waals surface area contributed by atoms with E-state index in [0.29, 0.717) is 17.2 Å². The fraction of sp³-hybridized carbons (Fsp3) is 0.533. The van der Waals surface area contributed by atoms with Crippen LogP contribution in [0.25, 0.3) is 0 Å². The Kier molecular flexibility index (Phi) is 4.84. The third-order valence-corrected chi connectivity index (χ3v) is 3.87. The number of rotatable bonds is 4. The molecule has 1 fully saturated rings. The van der Waals surface area contributed by atoms with Crippen LogP contribution in [0, 0.1) is 5.92 Å². The van der Waals surface area contributed by atoms with Gasteiger partial charge in [-0.05, 0) is 43.9 Å². The van der Waals surface area contributed by atoms with Crippen LogP contribution in [0.3, 0.4) is 0 Å². The molecule has 1 aliphatic heterocycles. The van der Waals surface area contributed by atoms with E-state index < -0.39 is 0 Å². The number of benzene rings is 1. The molecule has 1 saturated heterocycles. The smallest absolute Gasteiger partial charge is 0.253 e. The van der Waals surface area contributed by atoms with E-state index in [-0.39, 0.29) is 11.9 Å². The number of carbonyl (C=O) groups is 1. The van der Waals surface area contributed by atoms with Crippen LogP contribution < -0.4 is 16.4 Å². The number of ether oxygens (including phenoxy) is 1. The average Bonchev–Trinajstić information content (AvgIpc) is 2.47. The Balaban J connectivity index is 2.14. The highest BCUT2D eigenvalue weighted by atomic mass is 16.5. The lowest BCUT2D eigenvalue weighted by molar-refractivity contribution is 0.0622. The molecule has 0 aliphatic carbocycles. The van der Waals surface area contributed by atoms with Crippen molar-refractivity contribution in [1.82, 2.24) is 5.32 Å². The van der Waals surface area contributed by atoms with Gasteiger partial charge >= 0.3 is 0 Å². The van der Waals surface area contributed by atoms with Crippen molar-refractivity contribution in [2.24, 2.45) is 5.92 Å². The van der Waals surface area contributed by atoms with E-state index in [4.69, 9.17) is 10.5 Å². The van der Waals surface area contributed by atoms with Crippen LogP contribution >= 0.6 is 0 Å². The predicted molar refractivity (Wildman–Crippen MR) is 80.9 cm³/mol. The Bertz CT molecular complexity index is 470. The predicted octanol–water partition coefficient (Wildman–Crippen LogP) is 1.86. The summed E-state index contributed by atoms with van der Waals surface area (Å²) in [6.45, 7) is 3.78. The van der Waals surface area contributed by atoms with Gasteiger partial charge < -0.3 is 21.1 Å². The third-order valence-electron chi connectivity index (χ3n) is 3.87. The molecule has 0 bridgehead atoms. The topological polar surface area (TPSA) is 76.4 Å². The molecule has 110 valence electrons. The summed E-state index contributed by atoms with van der Waals surface area (Å²) in [5.74, 6) is 0.453. The zero-order valence-corrected chi connectivity index (χ0v) is 12.1. The number of carbonyl (C=O) groups excluding carboxylic acids is 1. The fourth-order valence-corrected chi connectivity index (χ4v) is 2.59. The van der Waals surface area contributed by atoms with E-state index >= 15 is 0 Å². The van der Waals surface area contributed by atoms with Crippen LogP contribution in [0.15, 0.2) is 18.2 Å². The molecular formula is C15H23N3O2. The highest BCUT2D eigenvalue weighted by Crippen LogP contribution is 2.25. The minimum absolute atomic E-state index is 0.105. The van der Waals surface area contributed by atoms with Gasteiger partial charge in [-0.1, -0.05) is 0 Å². The van der Waals surface area contributed by atoms with Crippen molar-refractivity contribution in [2.45, 2.75) is 25.8 Å². The van der Waals surface area contributed by atoms with Crippen molar-refractivity contribution in [1.29, 1.82) is 0 Å². The van der Waals surface area contributed by atoms with E-state index in [2.05, 4.69) is 17.6 Å². The van der Waals surface area contributed by atoms with Gasteiger partial charge in [0.25, 0.3) is 5.91 Å². The van der Waals surface area contributed by atoms with Gasteiger partial charge in [0.2, 0.25) is 0 Å². The number of nitrogen functional groups attached to an aromatic ring is 1. The summed E-state index contributed by atoms with van der Waals surface area (Å²) in [6, 6.07) is 5.60. The molecule has 1 heterocycles.